The molecule has 17 heavy (non-hydrogen) atoms. The zero-order chi connectivity index (χ0) is 13.1. The Morgan fingerprint density at radius 2 is 2.12 bits per heavy atom. The summed E-state index contributed by atoms with van der Waals surface area (Å²) in [5.74, 6) is 0.314. The van der Waals surface area contributed by atoms with Gasteiger partial charge in [-0.1, -0.05) is 40.5 Å². The molecular formula is C14H27NO2. The van der Waals surface area contributed by atoms with Crippen LogP contribution in [-0.2, 0) is 4.79 Å². The highest BCUT2D eigenvalue weighted by atomic mass is 16.3. The van der Waals surface area contributed by atoms with Gasteiger partial charge in [-0.05, 0) is 19.3 Å². The van der Waals surface area contributed by atoms with Crippen LogP contribution >= 0.6 is 0 Å². The van der Waals surface area contributed by atoms with Crippen molar-refractivity contribution in [2.75, 3.05) is 0 Å². The molecule has 1 aliphatic carbocycles. The van der Waals surface area contributed by atoms with Crippen LogP contribution in [0.25, 0.3) is 0 Å². The van der Waals surface area contributed by atoms with Gasteiger partial charge >= 0.3 is 0 Å². The Hall–Kier alpha value is -0.570. The van der Waals surface area contributed by atoms with Crippen molar-refractivity contribution in [3.63, 3.8) is 0 Å². The summed E-state index contributed by atoms with van der Waals surface area (Å²) in [5.41, 5.74) is -0.168. The van der Waals surface area contributed by atoms with Gasteiger partial charge in [-0.25, -0.2) is 0 Å². The first-order valence-corrected chi connectivity index (χ1v) is 6.91. The van der Waals surface area contributed by atoms with Gasteiger partial charge in [0.05, 0.1) is 6.10 Å². The zero-order valence-corrected chi connectivity index (χ0v) is 11.6. The standard InChI is InChI=1S/C14H27NO2/c1-5-7-8-10(6-2)13(17)15-11-9-12(16)14(11,3)4/h10-12,16H,5-9H2,1-4H3,(H,15,17). The molecule has 0 heterocycles. The monoisotopic (exact) mass is 241 g/mol. The van der Waals surface area contributed by atoms with Crippen LogP contribution < -0.4 is 5.32 Å². The number of hydrogen-bond donors (Lipinski definition) is 2. The lowest BCUT2D eigenvalue weighted by Gasteiger charge is -2.49. The molecule has 0 aromatic heterocycles. The minimum absolute atomic E-state index is 0.140. The number of hydrogen-bond acceptors (Lipinski definition) is 2. The van der Waals surface area contributed by atoms with Crippen LogP contribution in [0.2, 0.25) is 0 Å². The Bertz CT molecular complexity index is 263. The van der Waals surface area contributed by atoms with Crippen LogP contribution in [0.15, 0.2) is 0 Å². The van der Waals surface area contributed by atoms with Gasteiger partial charge in [-0.15, -0.1) is 0 Å². The third-order valence-electron chi connectivity index (χ3n) is 4.30. The van der Waals surface area contributed by atoms with E-state index in [1.54, 1.807) is 0 Å². The second-order valence-corrected chi connectivity index (χ2v) is 5.88. The van der Waals surface area contributed by atoms with E-state index >= 15 is 0 Å². The van der Waals surface area contributed by atoms with Crippen molar-refractivity contribution in [1.29, 1.82) is 0 Å². The van der Waals surface area contributed by atoms with Crippen molar-refractivity contribution in [1.82, 2.24) is 5.32 Å². The molecule has 0 bridgehead atoms. The Kier molecular flexibility index (Phi) is 4.99. The molecule has 1 saturated carbocycles. The molecule has 1 fully saturated rings. The third kappa shape index (κ3) is 3.21. The number of unbranched alkanes of at least 4 members (excludes halogenated alkanes) is 1. The molecule has 3 heteroatoms. The van der Waals surface area contributed by atoms with E-state index in [2.05, 4.69) is 19.2 Å². The highest BCUT2D eigenvalue weighted by Crippen LogP contribution is 2.40. The van der Waals surface area contributed by atoms with Gasteiger partial charge < -0.3 is 10.4 Å². The summed E-state index contributed by atoms with van der Waals surface area (Å²) in [6.07, 6.45) is 4.56. The summed E-state index contributed by atoms with van der Waals surface area (Å²) >= 11 is 0. The highest BCUT2D eigenvalue weighted by molar-refractivity contribution is 5.79. The molecule has 0 radical (unpaired) electrons. The zero-order valence-electron chi connectivity index (χ0n) is 11.6. The van der Waals surface area contributed by atoms with E-state index in [9.17, 15) is 9.90 Å². The molecule has 3 atom stereocenters. The van der Waals surface area contributed by atoms with Gasteiger partial charge in [-0.3, -0.25) is 4.79 Å². The molecule has 0 saturated heterocycles. The van der Waals surface area contributed by atoms with E-state index in [4.69, 9.17) is 0 Å². The summed E-state index contributed by atoms with van der Waals surface area (Å²) in [4.78, 5) is 12.1. The smallest absolute Gasteiger partial charge is 0.223 e. The largest absolute Gasteiger partial charge is 0.392 e. The molecule has 100 valence electrons. The fourth-order valence-electron chi connectivity index (χ4n) is 2.41. The lowest BCUT2D eigenvalue weighted by molar-refractivity contribution is -0.133. The van der Waals surface area contributed by atoms with E-state index in [1.807, 2.05) is 13.8 Å². The second-order valence-electron chi connectivity index (χ2n) is 5.88. The van der Waals surface area contributed by atoms with Crippen molar-refractivity contribution in [3.05, 3.63) is 0 Å². The summed E-state index contributed by atoms with van der Waals surface area (Å²) in [5, 5.41) is 12.7. The topological polar surface area (TPSA) is 49.3 Å². The van der Waals surface area contributed by atoms with E-state index in [-0.39, 0.29) is 29.4 Å². The fraction of sp³-hybridized carbons (Fsp3) is 0.929. The quantitative estimate of drug-likeness (QED) is 0.750. The van der Waals surface area contributed by atoms with E-state index in [0.29, 0.717) is 6.42 Å². The van der Waals surface area contributed by atoms with Crippen LogP contribution in [0.4, 0.5) is 0 Å². The fourth-order valence-corrected chi connectivity index (χ4v) is 2.41. The first kappa shape index (κ1) is 14.5. The van der Waals surface area contributed by atoms with E-state index in [1.165, 1.54) is 0 Å². The normalized spacial score (nSPS) is 28.3. The third-order valence-corrected chi connectivity index (χ3v) is 4.30. The molecular weight excluding hydrogens is 214 g/mol. The maximum absolute atomic E-state index is 12.1. The van der Waals surface area contributed by atoms with Crippen molar-refractivity contribution >= 4 is 5.91 Å². The van der Waals surface area contributed by atoms with Gasteiger partial charge in [0.25, 0.3) is 0 Å². The number of amides is 1. The first-order valence-electron chi connectivity index (χ1n) is 6.91. The Labute approximate surface area is 105 Å². The molecule has 0 aromatic carbocycles. The summed E-state index contributed by atoms with van der Waals surface area (Å²) in [7, 11) is 0. The number of carbonyl (C=O) groups excluding carboxylic acids is 1. The molecule has 0 aliphatic heterocycles. The van der Waals surface area contributed by atoms with E-state index < -0.39 is 0 Å². The molecule has 3 unspecified atom stereocenters. The van der Waals surface area contributed by atoms with Crippen LogP contribution in [0, 0.1) is 11.3 Å². The summed E-state index contributed by atoms with van der Waals surface area (Å²) < 4.78 is 0. The number of aliphatic hydroxyl groups excluding tert-OH is 1. The molecule has 0 spiro atoms. The van der Waals surface area contributed by atoms with Crippen molar-refractivity contribution < 1.29 is 9.90 Å². The van der Waals surface area contributed by atoms with Gasteiger partial charge in [0, 0.05) is 17.4 Å². The number of nitrogens with one attached hydrogen (secondary N) is 1. The van der Waals surface area contributed by atoms with Gasteiger partial charge in [0.2, 0.25) is 5.91 Å². The predicted molar refractivity (Wildman–Crippen MR) is 69.6 cm³/mol. The average molecular weight is 241 g/mol. The number of carbonyl (C=O) groups is 1. The summed E-state index contributed by atoms with van der Waals surface area (Å²) in [6.45, 7) is 8.24. The molecule has 2 N–H and O–H groups in total. The average Bonchev–Trinajstić information content (AvgIpc) is 2.29. The van der Waals surface area contributed by atoms with Crippen LogP contribution in [0.1, 0.15) is 59.8 Å². The maximum Gasteiger partial charge on any atom is 0.223 e. The van der Waals surface area contributed by atoms with Crippen molar-refractivity contribution in [2.24, 2.45) is 11.3 Å². The molecule has 1 amide bonds. The lowest BCUT2D eigenvalue weighted by atomic mass is 9.64. The number of rotatable bonds is 6. The predicted octanol–water partition coefficient (Wildman–Crippen LogP) is 2.48. The SMILES string of the molecule is CCCCC(CC)C(=O)NC1CC(O)C1(C)C. The highest BCUT2D eigenvalue weighted by Gasteiger charge is 2.48. The van der Waals surface area contributed by atoms with Crippen LogP contribution in [0.3, 0.4) is 0 Å². The van der Waals surface area contributed by atoms with Crippen molar-refractivity contribution in [2.45, 2.75) is 71.9 Å². The molecule has 0 aromatic rings. The maximum atomic E-state index is 12.1. The number of aliphatic hydroxyl groups is 1. The Morgan fingerprint density at radius 1 is 1.47 bits per heavy atom. The molecule has 1 rings (SSSR count). The summed E-state index contributed by atoms with van der Waals surface area (Å²) in [6, 6.07) is 0.140. The minimum atomic E-state index is -0.275. The lowest BCUT2D eigenvalue weighted by Crippen LogP contribution is -2.61. The van der Waals surface area contributed by atoms with Crippen LogP contribution in [-0.4, -0.2) is 23.2 Å². The molecule has 3 nitrogen and oxygen atoms in total. The Balaban J connectivity index is 2.43. The Morgan fingerprint density at radius 3 is 2.53 bits per heavy atom. The second kappa shape index (κ2) is 5.85. The molecule has 1 aliphatic rings. The van der Waals surface area contributed by atoms with Gasteiger partial charge in [0.1, 0.15) is 0 Å². The van der Waals surface area contributed by atoms with E-state index in [0.717, 1.165) is 25.7 Å². The van der Waals surface area contributed by atoms with Gasteiger partial charge in [0.15, 0.2) is 0 Å². The first-order chi connectivity index (χ1) is 7.93. The van der Waals surface area contributed by atoms with Crippen LogP contribution in [0.5, 0.6) is 0 Å². The van der Waals surface area contributed by atoms with Gasteiger partial charge in [-0.2, -0.15) is 0 Å². The minimum Gasteiger partial charge on any atom is -0.392 e. The van der Waals surface area contributed by atoms with Crippen molar-refractivity contribution in [3.8, 4) is 0 Å².